The first-order chi connectivity index (χ1) is 21.6. The van der Waals surface area contributed by atoms with Crippen molar-refractivity contribution in [2.24, 2.45) is 0 Å². The second kappa shape index (κ2) is 14.6. The third-order valence-corrected chi connectivity index (χ3v) is 10.3. The van der Waals surface area contributed by atoms with Crippen LogP contribution in [-0.4, -0.2) is 102 Å². The zero-order valence-electron chi connectivity index (χ0n) is 25.9. The van der Waals surface area contributed by atoms with Crippen LogP contribution in [0.5, 0.6) is 5.75 Å². The summed E-state index contributed by atoms with van der Waals surface area (Å²) in [4.78, 5) is 48.9. The number of nitrogens with one attached hydrogen (secondary N) is 2. The molecule has 3 heterocycles. The summed E-state index contributed by atoms with van der Waals surface area (Å²) in [5.41, 5.74) is 2.60. The molecular formula is C33H41N5O5PS+. The van der Waals surface area contributed by atoms with Crippen molar-refractivity contribution in [1.29, 1.82) is 0 Å². The van der Waals surface area contributed by atoms with Crippen LogP contribution in [0.3, 0.4) is 0 Å². The lowest BCUT2D eigenvalue weighted by atomic mass is 10.00. The number of hydrogen-bond acceptors (Lipinski definition) is 8. The van der Waals surface area contributed by atoms with Crippen LogP contribution in [0.25, 0.3) is 0 Å². The SMILES string of the molecule is C=[P+](C)CC(NC(=O)c1cccc(C(=O)N2CCCC2c2nc(C)cs2)c1)C(O)C1NCCN(Cc2cccc(OC)c2)C1=O. The summed E-state index contributed by atoms with van der Waals surface area (Å²) in [6.45, 7) is 5.92. The highest BCUT2D eigenvalue weighted by molar-refractivity contribution is 7.55. The minimum Gasteiger partial charge on any atom is -0.497 e. The van der Waals surface area contributed by atoms with E-state index >= 15 is 0 Å². The summed E-state index contributed by atoms with van der Waals surface area (Å²) < 4.78 is 5.32. The molecule has 2 aliphatic rings. The molecular weight excluding hydrogens is 609 g/mol. The number of aliphatic hydroxyl groups is 1. The number of methoxy groups -OCH3 is 1. The predicted octanol–water partition coefficient (Wildman–Crippen LogP) is 3.44. The molecule has 0 aliphatic carbocycles. The Morgan fingerprint density at radius 1 is 1.22 bits per heavy atom. The van der Waals surface area contributed by atoms with Crippen LogP contribution < -0.4 is 15.4 Å². The largest absolute Gasteiger partial charge is 0.497 e. The summed E-state index contributed by atoms with van der Waals surface area (Å²) >= 11 is 1.57. The van der Waals surface area contributed by atoms with Gasteiger partial charge in [-0.15, -0.1) is 11.3 Å². The van der Waals surface area contributed by atoms with Crippen LogP contribution in [0.2, 0.25) is 0 Å². The first kappa shape index (κ1) is 32.8. The van der Waals surface area contributed by atoms with Gasteiger partial charge >= 0.3 is 0 Å². The Morgan fingerprint density at radius 3 is 2.73 bits per heavy atom. The van der Waals surface area contributed by atoms with E-state index in [0.29, 0.717) is 49.2 Å². The van der Waals surface area contributed by atoms with Crippen molar-refractivity contribution < 1.29 is 24.2 Å². The number of nitrogens with zero attached hydrogens (tertiary/aromatic N) is 3. The van der Waals surface area contributed by atoms with Gasteiger partial charge in [0.25, 0.3) is 11.8 Å². The van der Waals surface area contributed by atoms with Crippen molar-refractivity contribution in [3.05, 3.63) is 81.3 Å². The Balaban J connectivity index is 1.28. The Hall–Kier alpha value is -3.63. The van der Waals surface area contributed by atoms with E-state index in [1.54, 1.807) is 47.6 Å². The molecule has 3 amide bonds. The van der Waals surface area contributed by atoms with E-state index in [0.717, 1.165) is 29.1 Å². The van der Waals surface area contributed by atoms with Gasteiger partial charge in [0.1, 0.15) is 29.1 Å². The molecule has 2 aliphatic heterocycles. The monoisotopic (exact) mass is 650 g/mol. The quantitative estimate of drug-likeness (QED) is 0.272. The summed E-state index contributed by atoms with van der Waals surface area (Å²) in [5, 5.41) is 20.6. The number of hydrogen-bond donors (Lipinski definition) is 3. The Kier molecular flexibility index (Phi) is 10.7. The summed E-state index contributed by atoms with van der Waals surface area (Å²) in [6.07, 6.45) is 5.12. The Morgan fingerprint density at radius 2 is 2.00 bits per heavy atom. The lowest BCUT2D eigenvalue weighted by molar-refractivity contribution is -0.140. The van der Waals surface area contributed by atoms with Crippen LogP contribution in [0.1, 0.15) is 55.9 Å². The molecule has 2 saturated heterocycles. The topological polar surface area (TPSA) is 124 Å². The van der Waals surface area contributed by atoms with Gasteiger partial charge < -0.3 is 30.3 Å². The third-order valence-electron chi connectivity index (χ3n) is 8.22. The number of aryl methyl sites for hydroxylation is 1. The standard InChI is InChI=1S/C33H40N5O5PS/c1-21-20-45-31(35-21)27-12-7-14-38(27)32(41)24-10-6-9-23(17-24)30(40)36-26(19-44(3)4)29(39)28-33(42)37(15-13-34-28)18-22-8-5-11-25(16-22)43-2/h5-6,8-11,16-17,20,26-29,34,39H,3,7,12-15,18-19H2,1-2,4H3/p+1. The van der Waals surface area contributed by atoms with Gasteiger partial charge in [-0.2, -0.15) is 0 Å². The predicted molar refractivity (Wildman–Crippen MR) is 179 cm³/mol. The summed E-state index contributed by atoms with van der Waals surface area (Å²) in [5.74, 6) is -0.0829. The van der Waals surface area contributed by atoms with Gasteiger partial charge in [0.05, 0.1) is 39.7 Å². The number of aromatic nitrogens is 1. The second-order valence-electron chi connectivity index (χ2n) is 11.7. The van der Waals surface area contributed by atoms with E-state index in [2.05, 4.69) is 21.9 Å². The van der Waals surface area contributed by atoms with Gasteiger partial charge in [0, 0.05) is 48.4 Å². The number of carbonyl (C=O) groups excluding carboxylic acids is 3. The first-order valence-electron chi connectivity index (χ1n) is 15.1. The molecule has 0 spiro atoms. The first-order valence-corrected chi connectivity index (χ1v) is 18.2. The van der Waals surface area contributed by atoms with Gasteiger partial charge in [-0.3, -0.25) is 14.4 Å². The molecule has 45 heavy (non-hydrogen) atoms. The third kappa shape index (κ3) is 7.79. The summed E-state index contributed by atoms with van der Waals surface area (Å²) in [7, 11) is 0.831. The number of aliphatic hydroxyl groups excluding tert-OH is 1. The average molecular weight is 651 g/mol. The number of rotatable bonds is 11. The van der Waals surface area contributed by atoms with E-state index in [-0.39, 0.29) is 17.9 Å². The lowest BCUT2D eigenvalue weighted by Crippen LogP contribution is -2.64. The zero-order valence-corrected chi connectivity index (χ0v) is 27.7. The van der Waals surface area contributed by atoms with Gasteiger partial charge in [-0.25, -0.2) is 4.98 Å². The fraction of sp³-hybridized carbons (Fsp3) is 0.424. The van der Waals surface area contributed by atoms with E-state index in [1.165, 1.54) is 0 Å². The number of carbonyl (C=O) groups is 3. The molecule has 238 valence electrons. The van der Waals surface area contributed by atoms with E-state index in [9.17, 15) is 19.5 Å². The zero-order chi connectivity index (χ0) is 32.1. The molecule has 2 fully saturated rings. The number of benzene rings is 2. The van der Waals surface area contributed by atoms with Crippen LogP contribution in [-0.2, 0) is 11.3 Å². The maximum Gasteiger partial charge on any atom is 0.254 e. The lowest BCUT2D eigenvalue weighted by Gasteiger charge is -2.37. The van der Waals surface area contributed by atoms with Crippen molar-refractivity contribution in [3.8, 4) is 5.75 Å². The molecule has 5 rings (SSSR count). The highest BCUT2D eigenvalue weighted by atomic mass is 32.1. The van der Waals surface area contributed by atoms with Gasteiger partial charge in [0.2, 0.25) is 5.91 Å². The molecule has 0 saturated carbocycles. The van der Waals surface area contributed by atoms with E-state index in [4.69, 9.17) is 4.74 Å². The number of ether oxygens (including phenoxy) is 1. The smallest absolute Gasteiger partial charge is 0.254 e. The van der Waals surface area contributed by atoms with Crippen LogP contribution in [0.4, 0.5) is 0 Å². The van der Waals surface area contributed by atoms with Crippen molar-refractivity contribution in [1.82, 2.24) is 25.4 Å². The number of thiazole rings is 1. The molecule has 3 N–H and O–H groups in total. The highest BCUT2D eigenvalue weighted by Crippen LogP contribution is 2.35. The van der Waals surface area contributed by atoms with Crippen molar-refractivity contribution in [3.63, 3.8) is 0 Å². The van der Waals surface area contributed by atoms with Crippen LogP contribution in [0.15, 0.2) is 53.9 Å². The van der Waals surface area contributed by atoms with Crippen LogP contribution in [0, 0.1) is 6.92 Å². The molecule has 0 bridgehead atoms. The summed E-state index contributed by atoms with van der Waals surface area (Å²) in [6, 6.07) is 12.5. The fourth-order valence-corrected chi connectivity index (χ4v) is 7.90. The molecule has 5 atom stereocenters. The molecule has 0 radical (unpaired) electrons. The van der Waals surface area contributed by atoms with Crippen molar-refractivity contribution >= 4 is 42.9 Å². The molecule has 12 heteroatoms. The highest BCUT2D eigenvalue weighted by Gasteiger charge is 2.40. The van der Waals surface area contributed by atoms with Crippen molar-refractivity contribution in [2.45, 2.75) is 50.5 Å². The molecule has 2 aromatic carbocycles. The number of piperazine rings is 1. The van der Waals surface area contributed by atoms with Crippen LogP contribution >= 0.6 is 18.9 Å². The van der Waals surface area contributed by atoms with Crippen molar-refractivity contribution in [2.75, 3.05) is 39.6 Å². The van der Waals surface area contributed by atoms with E-state index < -0.39 is 31.6 Å². The minimum absolute atomic E-state index is 0.0712. The number of amides is 3. The maximum atomic E-state index is 13.6. The van der Waals surface area contributed by atoms with Gasteiger partial charge in [-0.05, 0) is 55.7 Å². The molecule has 3 aromatic rings. The molecule has 5 unspecified atom stereocenters. The normalized spacial score (nSPS) is 20.1. The molecule has 10 nitrogen and oxygen atoms in total. The fourth-order valence-electron chi connectivity index (χ4n) is 5.97. The number of likely N-dealkylation sites (tertiary alicyclic amines) is 1. The molecule has 1 aromatic heterocycles. The van der Waals surface area contributed by atoms with Gasteiger partial charge in [0.15, 0.2) is 0 Å². The maximum absolute atomic E-state index is 13.6. The van der Waals surface area contributed by atoms with E-state index in [1.807, 2.05) is 48.1 Å². The average Bonchev–Trinajstić information content (AvgIpc) is 3.70. The van der Waals surface area contributed by atoms with Gasteiger partial charge in [-0.1, -0.05) is 18.2 Å². The Bertz CT molecular complexity index is 1560. The minimum atomic E-state index is -1.18. The second-order valence-corrected chi connectivity index (χ2v) is 14.7. The Labute approximate surface area is 269 Å².